The molecule has 0 N–H and O–H groups in total. The molecule has 0 bridgehead atoms. The molecule has 0 saturated carbocycles. The molecule has 0 aliphatic carbocycles. The molecule has 0 aromatic rings. The molecule has 0 unspecified atom stereocenters. The van der Waals surface area contributed by atoms with E-state index in [-0.39, 0.29) is 57.1 Å². The zero-order valence-corrected chi connectivity index (χ0v) is 9.48. The van der Waals surface area contributed by atoms with Gasteiger partial charge in [-0.25, -0.2) is 0 Å². The fourth-order valence-corrected chi connectivity index (χ4v) is 1.89. The summed E-state index contributed by atoms with van der Waals surface area (Å²) in [5.74, 6) is -0.211. The van der Waals surface area contributed by atoms with Crippen molar-refractivity contribution in [1.29, 1.82) is 0 Å². The normalized spacial score (nSPS) is 11.1. The van der Waals surface area contributed by atoms with Crippen molar-refractivity contribution in [2.75, 3.05) is 5.75 Å². The Labute approximate surface area is 135 Å². The number of hydrogen-bond donors (Lipinski definition) is 0. The molecule has 0 aromatic heterocycles. The summed E-state index contributed by atoms with van der Waals surface area (Å²) < 4.78 is 35.3. The summed E-state index contributed by atoms with van der Waals surface area (Å²) >= 11 is 0. The molecule has 0 heterocycles. The number of hydrogen-bond acceptors (Lipinski definition) is 3. The minimum absolute atomic E-state index is 0. The van der Waals surface area contributed by atoms with Crippen LogP contribution in [0.5, 0.6) is 0 Å². The molecular weight excluding hydrogens is 246 g/mol. The molecule has 3 nitrogen and oxygen atoms in total. The standard InChI is InChI=1S/C9H19FO3S.K.H/c1-2-3-4-5-6-7-8-9-14(11,12)13-10;;/h2-9H2,1H3;;. The number of halogens is 1. The summed E-state index contributed by atoms with van der Waals surface area (Å²) in [6.45, 7) is 2.14. The van der Waals surface area contributed by atoms with Crippen molar-refractivity contribution in [3.8, 4) is 0 Å². The van der Waals surface area contributed by atoms with Gasteiger partial charge in [-0.15, -0.1) is 0 Å². The van der Waals surface area contributed by atoms with Gasteiger partial charge >= 0.3 is 51.4 Å². The molecule has 6 heteroatoms. The molecule has 0 atom stereocenters. The van der Waals surface area contributed by atoms with Crippen LogP contribution in [0.3, 0.4) is 0 Å². The Hall–Kier alpha value is 1.48. The van der Waals surface area contributed by atoms with Crippen LogP contribution in [0, 0.1) is 0 Å². The van der Waals surface area contributed by atoms with Crippen LogP contribution in [-0.2, 0) is 14.5 Å². The van der Waals surface area contributed by atoms with Crippen LogP contribution >= 0.6 is 0 Å². The Morgan fingerprint density at radius 1 is 1.00 bits per heavy atom. The quantitative estimate of drug-likeness (QED) is 0.475. The van der Waals surface area contributed by atoms with Gasteiger partial charge in [-0.3, -0.25) is 0 Å². The topological polar surface area (TPSA) is 43.4 Å². The van der Waals surface area contributed by atoms with Crippen molar-refractivity contribution in [3.63, 3.8) is 0 Å². The first-order valence-electron chi connectivity index (χ1n) is 5.15. The third-order valence-corrected chi connectivity index (χ3v) is 3.07. The Morgan fingerprint density at radius 3 is 1.93 bits per heavy atom. The second-order valence-electron chi connectivity index (χ2n) is 3.45. The van der Waals surface area contributed by atoms with Crippen LogP contribution in [0.25, 0.3) is 0 Å². The summed E-state index contributed by atoms with van der Waals surface area (Å²) in [4.78, 5) is 0. The fourth-order valence-electron chi connectivity index (χ4n) is 1.27. The molecular formula is C9H20FKO3S. The predicted molar refractivity (Wildman–Crippen MR) is 61.1 cm³/mol. The summed E-state index contributed by atoms with van der Waals surface area (Å²) in [7, 11) is -3.88. The SMILES string of the molecule is CCCCCCCCCS(=O)(=O)OF.[KH]. The van der Waals surface area contributed by atoms with Gasteiger partial charge in [-0.2, -0.15) is 8.42 Å². The molecule has 15 heavy (non-hydrogen) atoms. The van der Waals surface area contributed by atoms with Crippen molar-refractivity contribution < 1.29 is 17.3 Å². The van der Waals surface area contributed by atoms with E-state index in [2.05, 4.69) is 11.3 Å². The zero-order valence-electron chi connectivity index (χ0n) is 8.67. The Morgan fingerprint density at radius 2 is 1.47 bits per heavy atom. The Balaban J connectivity index is 0. The third kappa shape index (κ3) is 13.4. The monoisotopic (exact) mass is 266 g/mol. The first-order valence-corrected chi connectivity index (χ1v) is 6.73. The summed E-state index contributed by atoms with van der Waals surface area (Å²) in [6, 6.07) is 0. The molecule has 0 amide bonds. The molecule has 0 saturated heterocycles. The second kappa shape index (κ2) is 11.9. The molecule has 0 aromatic carbocycles. The van der Waals surface area contributed by atoms with Gasteiger partial charge in [-0.1, -0.05) is 49.8 Å². The first-order chi connectivity index (χ1) is 6.62. The average Bonchev–Trinajstić information content (AvgIpc) is 2.16. The average molecular weight is 266 g/mol. The van der Waals surface area contributed by atoms with Gasteiger partial charge in [0.2, 0.25) is 0 Å². The number of rotatable bonds is 9. The van der Waals surface area contributed by atoms with Gasteiger partial charge in [0, 0.05) is 0 Å². The van der Waals surface area contributed by atoms with E-state index in [1.54, 1.807) is 0 Å². The molecule has 0 aliphatic heterocycles. The maximum absolute atomic E-state index is 11.4. The maximum atomic E-state index is 11.4. The van der Waals surface area contributed by atoms with Crippen molar-refractivity contribution in [3.05, 3.63) is 0 Å². The minimum atomic E-state index is -3.88. The van der Waals surface area contributed by atoms with Gasteiger partial charge in [0.25, 0.3) is 10.1 Å². The van der Waals surface area contributed by atoms with Crippen LogP contribution < -0.4 is 0 Å². The molecule has 0 aliphatic rings. The van der Waals surface area contributed by atoms with E-state index >= 15 is 0 Å². The molecule has 0 radical (unpaired) electrons. The third-order valence-electron chi connectivity index (χ3n) is 2.09. The molecule has 0 spiro atoms. The van der Waals surface area contributed by atoms with E-state index in [4.69, 9.17) is 0 Å². The van der Waals surface area contributed by atoms with Gasteiger partial charge in [0.15, 0.2) is 0 Å². The van der Waals surface area contributed by atoms with E-state index < -0.39 is 10.1 Å². The van der Waals surface area contributed by atoms with Crippen LogP contribution in [0.15, 0.2) is 0 Å². The van der Waals surface area contributed by atoms with Crippen molar-refractivity contribution in [2.45, 2.75) is 51.9 Å². The summed E-state index contributed by atoms with van der Waals surface area (Å²) in [5.41, 5.74) is 0. The van der Waals surface area contributed by atoms with Crippen LogP contribution in [-0.4, -0.2) is 65.6 Å². The summed E-state index contributed by atoms with van der Waals surface area (Å²) in [6.07, 6.45) is 7.08. The molecule has 0 fully saturated rings. The van der Waals surface area contributed by atoms with Crippen LogP contribution in [0.2, 0.25) is 0 Å². The van der Waals surface area contributed by atoms with Gasteiger partial charge in [-0.05, 0) is 10.9 Å². The summed E-state index contributed by atoms with van der Waals surface area (Å²) in [5, 5.41) is 0. The van der Waals surface area contributed by atoms with Crippen LogP contribution in [0.1, 0.15) is 51.9 Å². The van der Waals surface area contributed by atoms with Crippen molar-refractivity contribution in [2.24, 2.45) is 0 Å². The van der Waals surface area contributed by atoms with Gasteiger partial charge in [0.05, 0.1) is 5.75 Å². The molecule has 88 valence electrons. The second-order valence-corrected chi connectivity index (χ2v) is 5.10. The zero-order chi connectivity index (χ0) is 10.9. The van der Waals surface area contributed by atoms with Gasteiger partial charge < -0.3 is 0 Å². The van der Waals surface area contributed by atoms with Crippen LogP contribution in [0.4, 0.5) is 4.53 Å². The Kier molecular flexibility index (Phi) is 15.0. The predicted octanol–water partition coefficient (Wildman–Crippen LogP) is 2.32. The van der Waals surface area contributed by atoms with E-state index in [1.807, 2.05) is 0 Å². The van der Waals surface area contributed by atoms with E-state index in [9.17, 15) is 12.9 Å². The van der Waals surface area contributed by atoms with E-state index in [1.165, 1.54) is 19.3 Å². The molecule has 0 rings (SSSR count). The fraction of sp³-hybridized carbons (Fsp3) is 1.00. The van der Waals surface area contributed by atoms with E-state index in [0.29, 0.717) is 6.42 Å². The van der Waals surface area contributed by atoms with Gasteiger partial charge in [0.1, 0.15) is 0 Å². The van der Waals surface area contributed by atoms with Crippen molar-refractivity contribution in [1.82, 2.24) is 0 Å². The van der Waals surface area contributed by atoms with E-state index in [0.717, 1.165) is 19.3 Å². The van der Waals surface area contributed by atoms with Crippen molar-refractivity contribution >= 4 is 61.5 Å². The Bertz CT molecular complexity index is 219. The number of unbranched alkanes of at least 4 members (excludes halogenated alkanes) is 6. The first kappa shape index (κ1) is 18.8.